The minimum Gasteiger partial charge on any atom is -0.495 e. The Kier molecular flexibility index (Phi) is 5.44. The van der Waals surface area contributed by atoms with Gasteiger partial charge in [0.25, 0.3) is 5.91 Å². The van der Waals surface area contributed by atoms with Gasteiger partial charge < -0.3 is 15.4 Å². The number of nitrogens with one attached hydrogen (secondary N) is 2. The van der Waals surface area contributed by atoms with Crippen LogP contribution in [0.15, 0.2) is 60.9 Å². The molecule has 0 bridgehead atoms. The molecule has 0 unspecified atom stereocenters. The highest BCUT2D eigenvalue weighted by Gasteiger charge is 2.33. The van der Waals surface area contributed by atoms with E-state index in [-0.39, 0.29) is 17.2 Å². The quantitative estimate of drug-likeness (QED) is 0.673. The predicted octanol–water partition coefficient (Wildman–Crippen LogP) is 4.50. The Balaban J connectivity index is 1.75. The van der Waals surface area contributed by atoms with Gasteiger partial charge in [0.05, 0.1) is 29.6 Å². The number of halogens is 3. The maximum Gasteiger partial charge on any atom is 0.418 e. The Morgan fingerprint density at radius 2 is 1.57 bits per heavy atom. The van der Waals surface area contributed by atoms with E-state index in [0.29, 0.717) is 11.4 Å². The van der Waals surface area contributed by atoms with E-state index in [1.165, 1.54) is 37.7 Å². The van der Waals surface area contributed by atoms with Gasteiger partial charge in [-0.3, -0.25) is 4.79 Å². The van der Waals surface area contributed by atoms with Crippen molar-refractivity contribution in [2.45, 2.75) is 6.18 Å². The molecule has 0 atom stereocenters. The van der Waals surface area contributed by atoms with Crippen LogP contribution in [0, 0.1) is 0 Å². The van der Waals surface area contributed by atoms with Crippen molar-refractivity contribution in [2.75, 3.05) is 17.7 Å². The van der Waals surface area contributed by atoms with Crippen molar-refractivity contribution in [3.63, 3.8) is 0 Å². The van der Waals surface area contributed by atoms with Crippen LogP contribution in [0.2, 0.25) is 0 Å². The molecule has 0 radical (unpaired) electrons. The van der Waals surface area contributed by atoms with E-state index in [0.717, 1.165) is 6.07 Å². The third-order valence-corrected chi connectivity index (χ3v) is 3.75. The number of amides is 1. The molecule has 0 spiro atoms. The van der Waals surface area contributed by atoms with Gasteiger partial charge in [0.2, 0.25) is 5.95 Å². The molecule has 2 N–H and O–H groups in total. The number of carbonyl (C=O) groups is 1. The summed E-state index contributed by atoms with van der Waals surface area (Å²) in [7, 11) is 1.48. The zero-order chi connectivity index (χ0) is 20.1. The van der Waals surface area contributed by atoms with Gasteiger partial charge in [0.15, 0.2) is 0 Å². The first-order valence-corrected chi connectivity index (χ1v) is 8.08. The summed E-state index contributed by atoms with van der Waals surface area (Å²) in [4.78, 5) is 20.2. The highest BCUT2D eigenvalue weighted by atomic mass is 19.4. The van der Waals surface area contributed by atoms with Gasteiger partial charge in [-0.05, 0) is 24.3 Å². The van der Waals surface area contributed by atoms with Crippen LogP contribution < -0.4 is 15.4 Å². The molecule has 2 aromatic carbocycles. The molecule has 9 heteroatoms. The monoisotopic (exact) mass is 388 g/mol. The summed E-state index contributed by atoms with van der Waals surface area (Å²) >= 11 is 0. The van der Waals surface area contributed by atoms with Gasteiger partial charge >= 0.3 is 6.18 Å². The predicted molar refractivity (Wildman–Crippen MR) is 97.7 cm³/mol. The number of nitrogens with zero attached hydrogens (tertiary/aromatic N) is 2. The lowest BCUT2D eigenvalue weighted by Gasteiger charge is -2.13. The second kappa shape index (κ2) is 7.95. The number of para-hydroxylation sites is 3. The molecule has 1 aromatic heterocycles. The highest BCUT2D eigenvalue weighted by molar-refractivity contribution is 6.04. The fraction of sp³-hybridized carbons (Fsp3) is 0.105. The molecule has 0 aliphatic heterocycles. The Morgan fingerprint density at radius 3 is 2.21 bits per heavy atom. The Morgan fingerprint density at radius 1 is 0.964 bits per heavy atom. The Bertz CT molecular complexity index is 975. The molecule has 144 valence electrons. The number of anilines is 3. The zero-order valence-corrected chi connectivity index (χ0v) is 14.6. The molecule has 3 aromatic rings. The maximum absolute atomic E-state index is 13.0. The number of rotatable bonds is 5. The topological polar surface area (TPSA) is 76.1 Å². The molecular formula is C19H15F3N4O2. The minimum atomic E-state index is -4.52. The van der Waals surface area contributed by atoms with E-state index in [9.17, 15) is 18.0 Å². The first kappa shape index (κ1) is 19.2. The first-order valence-electron chi connectivity index (χ1n) is 8.08. The Labute approximate surface area is 158 Å². The lowest BCUT2D eigenvalue weighted by Crippen LogP contribution is -2.14. The molecule has 28 heavy (non-hydrogen) atoms. The summed E-state index contributed by atoms with van der Waals surface area (Å²) in [6, 6.07) is 11.8. The van der Waals surface area contributed by atoms with Crippen molar-refractivity contribution in [2.24, 2.45) is 0 Å². The standard InChI is InChI=1S/C19H15F3N4O2/c1-28-16-9-5-4-8-15(16)25-17(27)12-10-23-18(24-11-12)26-14-7-3-2-6-13(14)19(20,21)22/h2-11H,1H3,(H,25,27)(H,23,24,26). The molecular weight excluding hydrogens is 373 g/mol. The molecule has 6 nitrogen and oxygen atoms in total. The van der Waals surface area contributed by atoms with Gasteiger partial charge in [-0.15, -0.1) is 0 Å². The summed E-state index contributed by atoms with van der Waals surface area (Å²) in [5.74, 6) is -0.0592. The molecule has 1 amide bonds. The van der Waals surface area contributed by atoms with E-state index in [1.807, 2.05) is 0 Å². The van der Waals surface area contributed by atoms with E-state index in [4.69, 9.17) is 4.74 Å². The molecule has 3 rings (SSSR count). The van der Waals surface area contributed by atoms with Crippen molar-refractivity contribution in [1.29, 1.82) is 0 Å². The molecule has 1 heterocycles. The summed E-state index contributed by atoms with van der Waals surface area (Å²) in [6.45, 7) is 0. The number of alkyl halides is 3. The first-order chi connectivity index (χ1) is 13.4. The van der Waals surface area contributed by atoms with Crippen LogP contribution in [0.3, 0.4) is 0 Å². The number of benzene rings is 2. The summed E-state index contributed by atoms with van der Waals surface area (Å²) in [6.07, 6.45) is -2.08. The van der Waals surface area contributed by atoms with Crippen molar-refractivity contribution in [3.05, 3.63) is 72.1 Å². The summed E-state index contributed by atoms with van der Waals surface area (Å²) in [5, 5.41) is 5.18. The van der Waals surface area contributed by atoms with Crippen molar-refractivity contribution in [1.82, 2.24) is 9.97 Å². The highest BCUT2D eigenvalue weighted by Crippen LogP contribution is 2.35. The van der Waals surface area contributed by atoms with Crippen molar-refractivity contribution >= 4 is 23.2 Å². The summed E-state index contributed by atoms with van der Waals surface area (Å²) < 4.78 is 44.3. The van der Waals surface area contributed by atoms with Crippen LogP contribution >= 0.6 is 0 Å². The zero-order valence-electron chi connectivity index (χ0n) is 14.6. The molecule has 0 saturated heterocycles. The SMILES string of the molecule is COc1ccccc1NC(=O)c1cnc(Nc2ccccc2C(F)(F)F)nc1. The van der Waals surface area contributed by atoms with Gasteiger partial charge in [0.1, 0.15) is 5.75 Å². The second-order valence-corrected chi connectivity index (χ2v) is 5.62. The minimum absolute atomic E-state index is 0.0643. The van der Waals surface area contributed by atoms with Gasteiger partial charge in [-0.2, -0.15) is 13.2 Å². The smallest absolute Gasteiger partial charge is 0.418 e. The van der Waals surface area contributed by atoms with Crippen LogP contribution in [0.25, 0.3) is 0 Å². The van der Waals surface area contributed by atoms with Crippen LogP contribution in [0.5, 0.6) is 5.75 Å². The van der Waals surface area contributed by atoms with Crippen LogP contribution in [-0.4, -0.2) is 23.0 Å². The molecule has 0 aliphatic rings. The van der Waals surface area contributed by atoms with E-state index in [2.05, 4.69) is 20.6 Å². The number of ether oxygens (including phenoxy) is 1. The average Bonchev–Trinajstić information content (AvgIpc) is 2.68. The van der Waals surface area contributed by atoms with Gasteiger partial charge in [0, 0.05) is 12.4 Å². The van der Waals surface area contributed by atoms with Crippen LogP contribution in [0.4, 0.5) is 30.5 Å². The van der Waals surface area contributed by atoms with Crippen molar-refractivity contribution in [3.8, 4) is 5.75 Å². The van der Waals surface area contributed by atoms with Gasteiger partial charge in [-0.25, -0.2) is 9.97 Å². The lowest BCUT2D eigenvalue weighted by molar-refractivity contribution is -0.136. The normalized spacial score (nSPS) is 11.0. The maximum atomic E-state index is 13.0. The van der Waals surface area contributed by atoms with Crippen molar-refractivity contribution < 1.29 is 22.7 Å². The average molecular weight is 388 g/mol. The number of hydrogen-bond acceptors (Lipinski definition) is 5. The number of methoxy groups -OCH3 is 1. The largest absolute Gasteiger partial charge is 0.495 e. The molecule has 0 saturated carbocycles. The number of hydrogen-bond donors (Lipinski definition) is 2. The summed E-state index contributed by atoms with van der Waals surface area (Å²) in [5.41, 5.74) is -0.408. The third kappa shape index (κ3) is 4.37. The fourth-order valence-corrected chi connectivity index (χ4v) is 2.41. The van der Waals surface area contributed by atoms with E-state index >= 15 is 0 Å². The molecule has 0 aliphatic carbocycles. The van der Waals surface area contributed by atoms with Crippen LogP contribution in [-0.2, 0) is 6.18 Å². The third-order valence-electron chi connectivity index (χ3n) is 3.75. The van der Waals surface area contributed by atoms with Crippen LogP contribution in [0.1, 0.15) is 15.9 Å². The Hall–Kier alpha value is -3.62. The lowest BCUT2D eigenvalue weighted by atomic mass is 10.1. The fourth-order valence-electron chi connectivity index (χ4n) is 2.41. The molecule has 0 fully saturated rings. The second-order valence-electron chi connectivity index (χ2n) is 5.62. The van der Waals surface area contributed by atoms with Gasteiger partial charge in [-0.1, -0.05) is 24.3 Å². The van der Waals surface area contributed by atoms with E-state index in [1.54, 1.807) is 24.3 Å². The number of carbonyl (C=O) groups excluding carboxylic acids is 1. The van der Waals surface area contributed by atoms with E-state index < -0.39 is 17.6 Å². The number of aromatic nitrogens is 2.